The van der Waals surface area contributed by atoms with Crippen LogP contribution in [0.25, 0.3) is 0 Å². The molecule has 0 amide bonds. The molecule has 0 heterocycles. The summed E-state index contributed by atoms with van der Waals surface area (Å²) in [5.74, 6) is -2.99. The molecule has 0 unspecified atom stereocenters. The van der Waals surface area contributed by atoms with Gasteiger partial charge in [0.25, 0.3) is 0 Å². The Bertz CT molecular complexity index is 597. The molecule has 0 bridgehead atoms. The highest BCUT2D eigenvalue weighted by Crippen LogP contribution is 2.27. The Balaban J connectivity index is 2.17. The van der Waals surface area contributed by atoms with Crippen molar-refractivity contribution in [3.8, 4) is 5.75 Å². The zero-order chi connectivity index (χ0) is 14.0. The fraction of sp³-hybridized carbons (Fsp3) is 0.0769. The number of anilines is 1. The van der Waals surface area contributed by atoms with E-state index in [0.717, 1.165) is 12.1 Å². The van der Waals surface area contributed by atoms with Gasteiger partial charge in [0.1, 0.15) is 0 Å². The molecule has 0 atom stereocenters. The Morgan fingerprint density at radius 1 is 1.05 bits per heavy atom. The van der Waals surface area contributed by atoms with Gasteiger partial charge in [0.2, 0.25) is 0 Å². The Hall–Kier alpha value is -1.52. The maximum atomic E-state index is 13.1. The van der Waals surface area contributed by atoms with Crippen molar-refractivity contribution in [3.63, 3.8) is 0 Å². The van der Waals surface area contributed by atoms with E-state index < -0.39 is 17.4 Å². The highest BCUT2D eigenvalue weighted by molar-refractivity contribution is 6.35. The molecule has 0 aliphatic heterocycles. The van der Waals surface area contributed by atoms with Crippen LogP contribution in [0.15, 0.2) is 30.3 Å². The normalized spacial score (nSPS) is 10.5. The minimum atomic E-state index is -1.01. The van der Waals surface area contributed by atoms with Crippen LogP contribution in [0.1, 0.15) is 5.56 Å². The summed E-state index contributed by atoms with van der Waals surface area (Å²) in [5, 5.41) is 12.8. The van der Waals surface area contributed by atoms with Gasteiger partial charge >= 0.3 is 0 Å². The number of nitrogens with one attached hydrogen (secondary N) is 1. The van der Waals surface area contributed by atoms with E-state index in [0.29, 0.717) is 21.3 Å². The van der Waals surface area contributed by atoms with E-state index in [1.807, 2.05) is 0 Å². The summed E-state index contributed by atoms with van der Waals surface area (Å²) in [7, 11) is 0. The van der Waals surface area contributed by atoms with Gasteiger partial charge in [-0.3, -0.25) is 0 Å². The molecule has 0 aliphatic rings. The molecule has 0 fully saturated rings. The summed E-state index contributed by atoms with van der Waals surface area (Å²) < 4.78 is 26.3. The SMILES string of the molecule is Oc1c(F)cc(CNc2cc(Cl)ccc2Cl)cc1F. The minimum Gasteiger partial charge on any atom is -0.503 e. The molecule has 0 radical (unpaired) electrons. The summed E-state index contributed by atoms with van der Waals surface area (Å²) >= 11 is 11.8. The standard InChI is InChI=1S/C13H9Cl2F2NO/c14-8-1-2-9(15)12(5-8)18-6-7-3-10(16)13(19)11(17)4-7/h1-5,18-19H,6H2. The van der Waals surface area contributed by atoms with Crippen molar-refractivity contribution in [2.24, 2.45) is 0 Å². The minimum absolute atomic E-state index is 0.147. The second kappa shape index (κ2) is 5.63. The third-order valence-electron chi connectivity index (χ3n) is 2.49. The van der Waals surface area contributed by atoms with Gasteiger partial charge in [-0.15, -0.1) is 0 Å². The predicted molar refractivity (Wildman–Crippen MR) is 71.8 cm³/mol. The fourth-order valence-electron chi connectivity index (χ4n) is 1.55. The topological polar surface area (TPSA) is 32.3 Å². The van der Waals surface area contributed by atoms with Gasteiger partial charge in [-0.1, -0.05) is 23.2 Å². The van der Waals surface area contributed by atoms with Gasteiger partial charge in [-0.2, -0.15) is 0 Å². The number of aromatic hydroxyl groups is 1. The Morgan fingerprint density at radius 2 is 1.68 bits per heavy atom. The summed E-state index contributed by atoms with van der Waals surface area (Å²) in [5.41, 5.74) is 0.895. The summed E-state index contributed by atoms with van der Waals surface area (Å²) in [6, 6.07) is 6.95. The average Bonchev–Trinajstić information content (AvgIpc) is 2.37. The highest BCUT2D eigenvalue weighted by Gasteiger charge is 2.09. The molecule has 6 heteroatoms. The lowest BCUT2D eigenvalue weighted by Crippen LogP contribution is -2.01. The van der Waals surface area contributed by atoms with E-state index in [2.05, 4.69) is 5.32 Å². The van der Waals surface area contributed by atoms with E-state index in [-0.39, 0.29) is 6.54 Å². The van der Waals surface area contributed by atoms with Crippen molar-refractivity contribution >= 4 is 28.9 Å². The Morgan fingerprint density at radius 3 is 2.32 bits per heavy atom. The molecule has 2 rings (SSSR count). The molecular formula is C13H9Cl2F2NO. The van der Waals surface area contributed by atoms with Crippen LogP contribution in [-0.4, -0.2) is 5.11 Å². The van der Waals surface area contributed by atoms with Crippen molar-refractivity contribution < 1.29 is 13.9 Å². The van der Waals surface area contributed by atoms with Gasteiger partial charge < -0.3 is 10.4 Å². The lowest BCUT2D eigenvalue weighted by atomic mass is 10.2. The van der Waals surface area contributed by atoms with Gasteiger partial charge in [0, 0.05) is 11.6 Å². The summed E-state index contributed by atoms with van der Waals surface area (Å²) in [6.07, 6.45) is 0. The quantitative estimate of drug-likeness (QED) is 0.869. The van der Waals surface area contributed by atoms with Crippen molar-refractivity contribution in [1.29, 1.82) is 0 Å². The highest BCUT2D eigenvalue weighted by atomic mass is 35.5. The van der Waals surface area contributed by atoms with Crippen molar-refractivity contribution in [2.45, 2.75) is 6.54 Å². The number of hydrogen-bond donors (Lipinski definition) is 2. The first kappa shape index (κ1) is 13.9. The first-order chi connectivity index (χ1) is 8.97. The van der Waals surface area contributed by atoms with Gasteiger partial charge in [0.05, 0.1) is 10.7 Å². The van der Waals surface area contributed by atoms with Crippen LogP contribution in [0.5, 0.6) is 5.75 Å². The number of rotatable bonds is 3. The van der Waals surface area contributed by atoms with Crippen LogP contribution in [0.2, 0.25) is 10.0 Å². The molecular weight excluding hydrogens is 295 g/mol. The summed E-state index contributed by atoms with van der Waals surface area (Å²) in [4.78, 5) is 0. The molecule has 2 nitrogen and oxygen atoms in total. The van der Waals surface area contributed by atoms with E-state index in [9.17, 15) is 8.78 Å². The van der Waals surface area contributed by atoms with E-state index >= 15 is 0 Å². The maximum absolute atomic E-state index is 13.1. The van der Waals surface area contributed by atoms with E-state index in [1.165, 1.54) is 0 Å². The van der Waals surface area contributed by atoms with Crippen molar-refractivity contribution in [2.75, 3.05) is 5.32 Å². The van der Waals surface area contributed by atoms with Crippen LogP contribution in [0.4, 0.5) is 14.5 Å². The Kier molecular flexibility index (Phi) is 4.12. The lowest BCUT2D eigenvalue weighted by molar-refractivity contribution is 0.395. The number of hydrogen-bond acceptors (Lipinski definition) is 2. The fourth-order valence-corrected chi connectivity index (χ4v) is 1.91. The first-order valence-corrected chi connectivity index (χ1v) is 6.09. The average molecular weight is 304 g/mol. The maximum Gasteiger partial charge on any atom is 0.187 e. The number of phenolic OH excluding ortho intramolecular Hbond substituents is 1. The van der Waals surface area contributed by atoms with Gasteiger partial charge in [0.15, 0.2) is 17.4 Å². The molecule has 2 aromatic rings. The molecule has 0 aliphatic carbocycles. The molecule has 19 heavy (non-hydrogen) atoms. The molecule has 0 aromatic heterocycles. The van der Waals surface area contributed by atoms with Crippen LogP contribution in [0.3, 0.4) is 0 Å². The third-order valence-corrected chi connectivity index (χ3v) is 3.05. The monoisotopic (exact) mass is 303 g/mol. The zero-order valence-corrected chi connectivity index (χ0v) is 11.1. The smallest absolute Gasteiger partial charge is 0.187 e. The third kappa shape index (κ3) is 3.28. The molecule has 0 spiro atoms. The van der Waals surface area contributed by atoms with E-state index in [1.54, 1.807) is 18.2 Å². The second-order valence-electron chi connectivity index (χ2n) is 3.89. The number of benzene rings is 2. The van der Waals surface area contributed by atoms with Crippen molar-refractivity contribution in [1.82, 2.24) is 0 Å². The van der Waals surface area contributed by atoms with Crippen LogP contribution >= 0.6 is 23.2 Å². The number of phenols is 1. The predicted octanol–water partition coefficient (Wildman–Crippen LogP) is 4.59. The van der Waals surface area contributed by atoms with E-state index in [4.69, 9.17) is 28.3 Å². The lowest BCUT2D eigenvalue weighted by Gasteiger charge is -2.09. The van der Waals surface area contributed by atoms with Crippen LogP contribution < -0.4 is 5.32 Å². The molecule has 2 N–H and O–H groups in total. The largest absolute Gasteiger partial charge is 0.503 e. The summed E-state index contributed by atoms with van der Waals surface area (Å²) in [6.45, 7) is 0.147. The van der Waals surface area contributed by atoms with Gasteiger partial charge in [-0.05, 0) is 35.9 Å². The second-order valence-corrected chi connectivity index (χ2v) is 4.73. The van der Waals surface area contributed by atoms with Crippen LogP contribution in [-0.2, 0) is 6.54 Å². The van der Waals surface area contributed by atoms with Gasteiger partial charge in [-0.25, -0.2) is 8.78 Å². The molecule has 0 saturated carbocycles. The number of halogens is 4. The van der Waals surface area contributed by atoms with Crippen LogP contribution in [0, 0.1) is 11.6 Å². The zero-order valence-electron chi connectivity index (χ0n) is 9.55. The molecule has 100 valence electrons. The van der Waals surface area contributed by atoms with Crippen molar-refractivity contribution in [3.05, 3.63) is 57.6 Å². The first-order valence-electron chi connectivity index (χ1n) is 5.33. The molecule has 0 saturated heterocycles. The molecule has 2 aromatic carbocycles. The Labute approximate surface area is 118 Å².